The van der Waals surface area contributed by atoms with Crippen LogP contribution in [0.5, 0.6) is 0 Å². The molecule has 0 amide bonds. The lowest BCUT2D eigenvalue weighted by Gasteiger charge is -2.28. The second kappa shape index (κ2) is 7.92. The lowest BCUT2D eigenvalue weighted by molar-refractivity contribution is 0.324. The van der Waals surface area contributed by atoms with Gasteiger partial charge in [0.1, 0.15) is 0 Å². The predicted octanol–water partition coefficient (Wildman–Crippen LogP) is 3.04. The first-order valence-electron chi connectivity index (χ1n) is 7.69. The number of hydrogen-bond donors (Lipinski definition) is 1. The van der Waals surface area contributed by atoms with Crippen molar-refractivity contribution < 1.29 is 8.42 Å². The van der Waals surface area contributed by atoms with Gasteiger partial charge in [-0.15, -0.1) is 0 Å². The zero-order valence-electron chi connectivity index (χ0n) is 13.6. The first-order valence-corrected chi connectivity index (χ1v) is 9.13. The molecule has 5 heteroatoms. The van der Waals surface area contributed by atoms with Crippen LogP contribution in [-0.4, -0.2) is 25.3 Å². The van der Waals surface area contributed by atoms with Crippen LogP contribution < -0.4 is 5.73 Å². The highest BCUT2D eigenvalue weighted by molar-refractivity contribution is 7.89. The van der Waals surface area contributed by atoms with Gasteiger partial charge in [-0.2, -0.15) is 4.31 Å². The van der Waals surface area contributed by atoms with Gasteiger partial charge in [-0.25, -0.2) is 8.42 Å². The Morgan fingerprint density at radius 1 is 1.29 bits per heavy atom. The second-order valence-electron chi connectivity index (χ2n) is 5.52. The standard InChI is InChI=1S/C16H28N2O2S/c1-5-7-10-18(14(4)6-2)21(19,20)16-9-8-15(12-17)13(3)11-16/h8-9,11,14H,5-7,10,12,17H2,1-4H3. The van der Waals surface area contributed by atoms with Crippen molar-refractivity contribution in [3.05, 3.63) is 29.3 Å². The third-order valence-electron chi connectivity index (χ3n) is 3.96. The molecular formula is C16H28N2O2S. The summed E-state index contributed by atoms with van der Waals surface area (Å²) < 4.78 is 27.4. The molecule has 21 heavy (non-hydrogen) atoms. The molecule has 0 aliphatic heterocycles. The van der Waals surface area contributed by atoms with Gasteiger partial charge in [0, 0.05) is 19.1 Å². The zero-order valence-corrected chi connectivity index (χ0v) is 14.4. The minimum atomic E-state index is -3.44. The third-order valence-corrected chi connectivity index (χ3v) is 5.96. The molecule has 0 aromatic heterocycles. The second-order valence-corrected chi connectivity index (χ2v) is 7.41. The van der Waals surface area contributed by atoms with Crippen molar-refractivity contribution >= 4 is 10.0 Å². The quantitative estimate of drug-likeness (QED) is 0.802. The predicted molar refractivity (Wildman–Crippen MR) is 87.6 cm³/mol. The van der Waals surface area contributed by atoms with Crippen molar-refractivity contribution in [2.24, 2.45) is 5.73 Å². The molecule has 1 aromatic carbocycles. The van der Waals surface area contributed by atoms with E-state index >= 15 is 0 Å². The van der Waals surface area contributed by atoms with Gasteiger partial charge in [0.2, 0.25) is 10.0 Å². The van der Waals surface area contributed by atoms with Gasteiger partial charge in [0.05, 0.1) is 4.90 Å². The SMILES string of the molecule is CCCCN(C(C)CC)S(=O)(=O)c1ccc(CN)c(C)c1. The highest BCUT2D eigenvalue weighted by Gasteiger charge is 2.27. The summed E-state index contributed by atoms with van der Waals surface area (Å²) in [5, 5.41) is 0. The number of nitrogens with two attached hydrogens (primary N) is 1. The maximum atomic E-state index is 12.9. The first kappa shape index (κ1) is 18.1. The number of sulfonamides is 1. The number of nitrogens with zero attached hydrogens (tertiary/aromatic N) is 1. The van der Waals surface area contributed by atoms with Gasteiger partial charge in [0.15, 0.2) is 0 Å². The molecule has 2 N–H and O–H groups in total. The van der Waals surface area contributed by atoms with Crippen LogP contribution in [0.2, 0.25) is 0 Å². The molecule has 0 spiro atoms. The van der Waals surface area contributed by atoms with Crippen molar-refractivity contribution in [1.29, 1.82) is 0 Å². The molecule has 0 saturated heterocycles. The summed E-state index contributed by atoms with van der Waals surface area (Å²) in [6, 6.07) is 5.23. The lowest BCUT2D eigenvalue weighted by Crippen LogP contribution is -2.39. The van der Waals surface area contributed by atoms with Crippen molar-refractivity contribution in [3.63, 3.8) is 0 Å². The monoisotopic (exact) mass is 312 g/mol. The molecule has 4 nitrogen and oxygen atoms in total. The van der Waals surface area contributed by atoms with Gasteiger partial charge in [0.25, 0.3) is 0 Å². The van der Waals surface area contributed by atoms with E-state index in [1.54, 1.807) is 16.4 Å². The Bertz CT molecular complexity index is 555. The van der Waals surface area contributed by atoms with Crippen LogP contribution in [0.4, 0.5) is 0 Å². The van der Waals surface area contributed by atoms with E-state index in [1.165, 1.54) is 0 Å². The average Bonchev–Trinajstić information content (AvgIpc) is 2.46. The summed E-state index contributed by atoms with van der Waals surface area (Å²) in [5.41, 5.74) is 7.56. The molecule has 0 saturated carbocycles. The zero-order chi connectivity index (χ0) is 16.0. The molecule has 0 bridgehead atoms. The van der Waals surface area contributed by atoms with E-state index in [-0.39, 0.29) is 6.04 Å². The number of unbranched alkanes of at least 4 members (excludes halogenated alkanes) is 1. The molecule has 0 radical (unpaired) electrons. The Balaban J connectivity index is 3.18. The van der Waals surface area contributed by atoms with E-state index < -0.39 is 10.0 Å². The molecule has 1 atom stereocenters. The normalized spacial score (nSPS) is 13.6. The van der Waals surface area contributed by atoms with Gasteiger partial charge in [-0.3, -0.25) is 0 Å². The van der Waals surface area contributed by atoms with E-state index in [4.69, 9.17) is 5.73 Å². The van der Waals surface area contributed by atoms with Crippen molar-refractivity contribution in [2.45, 2.75) is 64.4 Å². The molecular weight excluding hydrogens is 284 g/mol. The summed E-state index contributed by atoms with van der Waals surface area (Å²) in [6.45, 7) is 8.96. The minimum Gasteiger partial charge on any atom is -0.326 e. The molecule has 0 aliphatic carbocycles. The van der Waals surface area contributed by atoms with Crippen LogP contribution in [0.15, 0.2) is 23.1 Å². The summed E-state index contributed by atoms with van der Waals surface area (Å²) in [7, 11) is -3.44. The van der Waals surface area contributed by atoms with Gasteiger partial charge < -0.3 is 5.73 Å². The Morgan fingerprint density at radius 2 is 1.95 bits per heavy atom. The third kappa shape index (κ3) is 4.28. The van der Waals surface area contributed by atoms with Gasteiger partial charge in [-0.05, 0) is 49.9 Å². The largest absolute Gasteiger partial charge is 0.326 e. The summed E-state index contributed by atoms with van der Waals surface area (Å²) in [5.74, 6) is 0. The van der Waals surface area contributed by atoms with Crippen LogP contribution >= 0.6 is 0 Å². The smallest absolute Gasteiger partial charge is 0.243 e. The molecule has 1 rings (SSSR count). The minimum absolute atomic E-state index is 0.0102. The summed E-state index contributed by atoms with van der Waals surface area (Å²) >= 11 is 0. The van der Waals surface area contributed by atoms with Crippen LogP contribution in [0, 0.1) is 6.92 Å². The van der Waals surface area contributed by atoms with E-state index in [2.05, 4.69) is 6.92 Å². The molecule has 0 aliphatic rings. The summed E-state index contributed by atoms with van der Waals surface area (Å²) in [6.07, 6.45) is 2.67. The Labute approximate surface area is 129 Å². The number of aryl methyl sites for hydroxylation is 1. The van der Waals surface area contributed by atoms with Crippen LogP contribution in [-0.2, 0) is 16.6 Å². The fourth-order valence-corrected chi connectivity index (χ4v) is 4.12. The maximum absolute atomic E-state index is 12.9. The van der Waals surface area contributed by atoms with Crippen LogP contribution in [0.25, 0.3) is 0 Å². The Kier molecular flexibility index (Phi) is 6.84. The van der Waals surface area contributed by atoms with Crippen LogP contribution in [0.1, 0.15) is 51.2 Å². The molecule has 0 heterocycles. The maximum Gasteiger partial charge on any atom is 0.243 e. The highest BCUT2D eigenvalue weighted by Crippen LogP contribution is 2.22. The number of rotatable bonds is 8. The van der Waals surface area contributed by atoms with Crippen molar-refractivity contribution in [2.75, 3.05) is 6.54 Å². The number of hydrogen-bond acceptors (Lipinski definition) is 3. The van der Waals surface area contributed by atoms with Crippen LogP contribution in [0.3, 0.4) is 0 Å². The van der Waals surface area contributed by atoms with E-state index in [0.717, 1.165) is 30.4 Å². The van der Waals surface area contributed by atoms with E-state index in [9.17, 15) is 8.42 Å². The van der Waals surface area contributed by atoms with E-state index in [1.807, 2.05) is 26.8 Å². The lowest BCUT2D eigenvalue weighted by atomic mass is 10.1. The fourth-order valence-electron chi connectivity index (χ4n) is 2.29. The summed E-state index contributed by atoms with van der Waals surface area (Å²) in [4.78, 5) is 0.369. The Morgan fingerprint density at radius 3 is 2.43 bits per heavy atom. The number of benzene rings is 1. The highest BCUT2D eigenvalue weighted by atomic mass is 32.2. The molecule has 120 valence electrons. The fraction of sp³-hybridized carbons (Fsp3) is 0.625. The van der Waals surface area contributed by atoms with E-state index in [0.29, 0.717) is 18.0 Å². The molecule has 1 unspecified atom stereocenters. The van der Waals surface area contributed by atoms with Gasteiger partial charge in [-0.1, -0.05) is 26.3 Å². The van der Waals surface area contributed by atoms with Crippen molar-refractivity contribution in [3.8, 4) is 0 Å². The van der Waals surface area contributed by atoms with Gasteiger partial charge >= 0.3 is 0 Å². The first-order chi connectivity index (χ1) is 9.88. The average molecular weight is 312 g/mol. The molecule has 1 aromatic rings. The topological polar surface area (TPSA) is 63.4 Å². The molecule has 0 fully saturated rings. The Hall–Kier alpha value is -0.910. The van der Waals surface area contributed by atoms with Crippen molar-refractivity contribution in [1.82, 2.24) is 4.31 Å².